The molecule has 1 aromatic rings. The highest BCUT2D eigenvalue weighted by Crippen LogP contribution is 2.19. The summed E-state index contributed by atoms with van der Waals surface area (Å²) >= 11 is 0. The molecule has 0 unspecified atom stereocenters. The van der Waals surface area contributed by atoms with Gasteiger partial charge in [0.1, 0.15) is 5.60 Å². The highest BCUT2D eigenvalue weighted by Gasteiger charge is 2.25. The highest BCUT2D eigenvalue weighted by molar-refractivity contribution is 5.68. The Morgan fingerprint density at radius 2 is 1.86 bits per heavy atom. The van der Waals surface area contributed by atoms with E-state index in [2.05, 4.69) is 36.1 Å². The van der Waals surface area contributed by atoms with Crippen LogP contribution < -0.4 is 4.90 Å². The van der Waals surface area contributed by atoms with Crippen LogP contribution >= 0.6 is 0 Å². The summed E-state index contributed by atoms with van der Waals surface area (Å²) in [7, 11) is 0. The van der Waals surface area contributed by atoms with Gasteiger partial charge in [-0.05, 0) is 44.9 Å². The lowest BCUT2D eigenvalue weighted by Crippen LogP contribution is -2.50. The second-order valence-electron chi connectivity index (χ2n) is 6.48. The third-order valence-electron chi connectivity index (χ3n) is 3.62. The average Bonchev–Trinajstić information content (AvgIpc) is 2.46. The van der Waals surface area contributed by atoms with E-state index in [0.717, 1.165) is 19.5 Å². The van der Waals surface area contributed by atoms with Crippen LogP contribution in [0.5, 0.6) is 0 Å². The van der Waals surface area contributed by atoms with E-state index in [9.17, 15) is 4.79 Å². The van der Waals surface area contributed by atoms with Crippen molar-refractivity contribution in [3.63, 3.8) is 0 Å². The number of piperazine rings is 1. The van der Waals surface area contributed by atoms with Gasteiger partial charge in [-0.2, -0.15) is 0 Å². The fourth-order valence-corrected chi connectivity index (χ4v) is 2.45. The Kier molecular flexibility index (Phi) is 4.76. The lowest BCUT2D eigenvalue weighted by atomic mass is 10.1. The van der Waals surface area contributed by atoms with Crippen molar-refractivity contribution in [3.05, 3.63) is 29.8 Å². The molecule has 1 amide bonds. The molecule has 0 radical (unpaired) electrons. The van der Waals surface area contributed by atoms with Crippen LogP contribution in [-0.2, 0) is 11.2 Å². The van der Waals surface area contributed by atoms with E-state index in [1.54, 1.807) is 4.90 Å². The zero-order valence-corrected chi connectivity index (χ0v) is 13.6. The lowest BCUT2D eigenvalue weighted by Gasteiger charge is -2.36. The molecule has 4 nitrogen and oxygen atoms in total. The van der Waals surface area contributed by atoms with Gasteiger partial charge >= 0.3 is 6.09 Å². The SMILES string of the molecule is CCc1cccc(N2CCN(C(=O)OC(C)(C)C)CC2)c1. The molecule has 0 spiro atoms. The second-order valence-corrected chi connectivity index (χ2v) is 6.48. The maximum Gasteiger partial charge on any atom is 0.410 e. The molecular weight excluding hydrogens is 264 g/mol. The molecule has 1 aliphatic heterocycles. The lowest BCUT2D eigenvalue weighted by molar-refractivity contribution is 0.0240. The predicted octanol–water partition coefficient (Wildman–Crippen LogP) is 3.31. The Morgan fingerprint density at radius 1 is 1.19 bits per heavy atom. The van der Waals surface area contributed by atoms with Crippen molar-refractivity contribution in [2.24, 2.45) is 0 Å². The van der Waals surface area contributed by atoms with Crippen LogP contribution in [0.15, 0.2) is 24.3 Å². The summed E-state index contributed by atoms with van der Waals surface area (Å²) in [5.41, 5.74) is 2.17. The number of carbonyl (C=O) groups is 1. The Morgan fingerprint density at radius 3 is 2.43 bits per heavy atom. The third kappa shape index (κ3) is 4.38. The summed E-state index contributed by atoms with van der Waals surface area (Å²) in [5.74, 6) is 0. The van der Waals surface area contributed by atoms with Gasteiger partial charge in [0.15, 0.2) is 0 Å². The molecule has 1 fully saturated rings. The maximum atomic E-state index is 12.0. The highest BCUT2D eigenvalue weighted by atomic mass is 16.6. The van der Waals surface area contributed by atoms with Gasteiger partial charge in [0, 0.05) is 31.9 Å². The number of amides is 1. The van der Waals surface area contributed by atoms with E-state index in [-0.39, 0.29) is 6.09 Å². The largest absolute Gasteiger partial charge is 0.444 e. The summed E-state index contributed by atoms with van der Waals surface area (Å²) in [6.07, 6.45) is 0.843. The zero-order chi connectivity index (χ0) is 15.5. The molecule has 1 saturated heterocycles. The molecule has 0 aromatic heterocycles. The quantitative estimate of drug-likeness (QED) is 0.838. The van der Waals surface area contributed by atoms with Crippen molar-refractivity contribution in [2.75, 3.05) is 31.1 Å². The van der Waals surface area contributed by atoms with Crippen LogP contribution in [-0.4, -0.2) is 42.8 Å². The van der Waals surface area contributed by atoms with Crippen LogP contribution in [0, 0.1) is 0 Å². The molecule has 21 heavy (non-hydrogen) atoms. The summed E-state index contributed by atoms with van der Waals surface area (Å²) < 4.78 is 5.42. The van der Waals surface area contributed by atoms with Crippen molar-refractivity contribution < 1.29 is 9.53 Å². The number of aryl methyl sites for hydroxylation is 1. The van der Waals surface area contributed by atoms with Gasteiger partial charge in [-0.25, -0.2) is 4.79 Å². The minimum Gasteiger partial charge on any atom is -0.444 e. The van der Waals surface area contributed by atoms with Crippen LogP contribution in [0.2, 0.25) is 0 Å². The van der Waals surface area contributed by atoms with E-state index < -0.39 is 5.60 Å². The molecule has 0 bridgehead atoms. The fourth-order valence-electron chi connectivity index (χ4n) is 2.45. The van der Waals surface area contributed by atoms with E-state index in [4.69, 9.17) is 4.74 Å². The van der Waals surface area contributed by atoms with Crippen LogP contribution in [0.25, 0.3) is 0 Å². The van der Waals surface area contributed by atoms with Crippen molar-refractivity contribution in [1.29, 1.82) is 0 Å². The van der Waals surface area contributed by atoms with Gasteiger partial charge in [-0.15, -0.1) is 0 Å². The van der Waals surface area contributed by atoms with Gasteiger partial charge in [0.05, 0.1) is 0 Å². The predicted molar refractivity (Wildman–Crippen MR) is 85.8 cm³/mol. The van der Waals surface area contributed by atoms with Crippen molar-refractivity contribution >= 4 is 11.8 Å². The number of anilines is 1. The van der Waals surface area contributed by atoms with Gasteiger partial charge in [0.2, 0.25) is 0 Å². The number of benzene rings is 1. The minimum absolute atomic E-state index is 0.204. The van der Waals surface area contributed by atoms with E-state index in [1.165, 1.54) is 11.3 Å². The molecule has 0 saturated carbocycles. The van der Waals surface area contributed by atoms with E-state index in [1.807, 2.05) is 20.8 Å². The Hall–Kier alpha value is -1.71. The van der Waals surface area contributed by atoms with Gasteiger partial charge in [0.25, 0.3) is 0 Å². The van der Waals surface area contributed by atoms with Gasteiger partial charge in [-0.3, -0.25) is 0 Å². The first kappa shape index (κ1) is 15.7. The first-order chi connectivity index (χ1) is 9.89. The van der Waals surface area contributed by atoms with E-state index >= 15 is 0 Å². The summed E-state index contributed by atoms with van der Waals surface area (Å²) in [4.78, 5) is 16.2. The Bertz CT molecular complexity index is 486. The first-order valence-electron chi connectivity index (χ1n) is 7.71. The molecule has 0 atom stereocenters. The van der Waals surface area contributed by atoms with Gasteiger partial charge in [-0.1, -0.05) is 19.1 Å². The third-order valence-corrected chi connectivity index (χ3v) is 3.62. The molecule has 2 rings (SSSR count). The summed E-state index contributed by atoms with van der Waals surface area (Å²) in [6, 6.07) is 8.64. The molecule has 4 heteroatoms. The van der Waals surface area contributed by atoms with Crippen molar-refractivity contribution in [3.8, 4) is 0 Å². The monoisotopic (exact) mass is 290 g/mol. The minimum atomic E-state index is -0.427. The fraction of sp³-hybridized carbons (Fsp3) is 0.588. The number of nitrogens with zero attached hydrogens (tertiary/aromatic N) is 2. The summed E-state index contributed by atoms with van der Waals surface area (Å²) in [6.45, 7) is 11.0. The second kappa shape index (κ2) is 6.37. The molecule has 0 N–H and O–H groups in total. The average molecular weight is 290 g/mol. The molecule has 1 aliphatic rings. The van der Waals surface area contributed by atoms with Gasteiger partial charge < -0.3 is 14.5 Å². The summed E-state index contributed by atoms with van der Waals surface area (Å²) in [5, 5.41) is 0. The first-order valence-corrected chi connectivity index (χ1v) is 7.71. The Labute approximate surface area is 127 Å². The van der Waals surface area contributed by atoms with Crippen LogP contribution in [0.3, 0.4) is 0 Å². The molecule has 1 heterocycles. The topological polar surface area (TPSA) is 32.8 Å². The number of ether oxygens (including phenoxy) is 1. The maximum absolute atomic E-state index is 12.0. The van der Waals surface area contributed by atoms with Crippen LogP contribution in [0.4, 0.5) is 10.5 Å². The number of hydrogen-bond donors (Lipinski definition) is 0. The van der Waals surface area contributed by atoms with Crippen molar-refractivity contribution in [2.45, 2.75) is 39.7 Å². The number of hydrogen-bond acceptors (Lipinski definition) is 3. The van der Waals surface area contributed by atoms with Crippen LogP contribution in [0.1, 0.15) is 33.3 Å². The molecule has 1 aromatic carbocycles. The molecular formula is C17H26N2O2. The molecule has 116 valence electrons. The molecule has 0 aliphatic carbocycles. The zero-order valence-electron chi connectivity index (χ0n) is 13.6. The normalized spacial score (nSPS) is 16.0. The Balaban J connectivity index is 1.92. The van der Waals surface area contributed by atoms with E-state index in [0.29, 0.717) is 13.1 Å². The standard InChI is InChI=1S/C17H26N2O2/c1-5-14-7-6-8-15(13-14)18-9-11-19(12-10-18)16(20)21-17(2,3)4/h6-8,13H,5,9-12H2,1-4H3. The number of rotatable bonds is 2. The smallest absolute Gasteiger partial charge is 0.410 e. The van der Waals surface area contributed by atoms with Crippen molar-refractivity contribution in [1.82, 2.24) is 4.90 Å². The number of carbonyl (C=O) groups excluding carboxylic acids is 1.